The predicted molar refractivity (Wildman–Crippen MR) is 66.0 cm³/mol. The van der Waals surface area contributed by atoms with E-state index in [2.05, 4.69) is 12.2 Å². The zero-order valence-electron chi connectivity index (χ0n) is 9.42. The summed E-state index contributed by atoms with van der Waals surface area (Å²) in [5.41, 5.74) is 0.507. The molecular formula is C13H16ClNO. The largest absolute Gasteiger partial charge is 0.317 e. The Balaban J connectivity index is 2.24. The van der Waals surface area contributed by atoms with Crippen molar-refractivity contribution in [2.24, 2.45) is 5.41 Å². The second-order valence-corrected chi connectivity index (χ2v) is 5.09. The highest BCUT2D eigenvalue weighted by atomic mass is 35.5. The molecule has 1 heterocycles. The first-order chi connectivity index (χ1) is 7.62. The normalized spacial score (nSPS) is 19.4. The van der Waals surface area contributed by atoms with Gasteiger partial charge in [0.2, 0.25) is 0 Å². The summed E-state index contributed by atoms with van der Waals surface area (Å²) in [6.07, 6.45) is 1.80. The van der Waals surface area contributed by atoms with Crippen LogP contribution in [-0.2, 0) is 0 Å². The van der Waals surface area contributed by atoms with E-state index in [9.17, 15) is 4.79 Å². The molecule has 1 N–H and O–H groups in total. The summed E-state index contributed by atoms with van der Waals surface area (Å²) in [6.45, 7) is 3.89. The van der Waals surface area contributed by atoms with E-state index in [1.807, 2.05) is 12.1 Å². The van der Waals surface area contributed by atoms with Crippen molar-refractivity contribution in [2.75, 3.05) is 13.1 Å². The first-order valence-electron chi connectivity index (χ1n) is 5.63. The number of hydrogen-bond acceptors (Lipinski definition) is 2. The molecule has 1 aromatic rings. The molecule has 2 nitrogen and oxygen atoms in total. The molecule has 1 aromatic carbocycles. The molecule has 1 saturated heterocycles. The molecule has 0 saturated carbocycles. The van der Waals surface area contributed by atoms with Gasteiger partial charge in [0.25, 0.3) is 0 Å². The zero-order chi connectivity index (χ0) is 11.6. The first kappa shape index (κ1) is 11.6. The van der Waals surface area contributed by atoms with Crippen LogP contribution in [0.15, 0.2) is 24.3 Å². The summed E-state index contributed by atoms with van der Waals surface area (Å²) in [7, 11) is 0. The summed E-state index contributed by atoms with van der Waals surface area (Å²) in [5, 5.41) is 3.91. The Morgan fingerprint density at radius 3 is 2.69 bits per heavy atom. The fraction of sp³-hybridized carbons (Fsp3) is 0.462. The summed E-state index contributed by atoms with van der Waals surface area (Å²) < 4.78 is 0. The minimum absolute atomic E-state index is 0.219. The molecule has 1 fully saturated rings. The molecule has 0 aliphatic carbocycles. The van der Waals surface area contributed by atoms with Crippen LogP contribution in [0.3, 0.4) is 0 Å². The van der Waals surface area contributed by atoms with Crippen molar-refractivity contribution in [3.8, 4) is 0 Å². The minimum Gasteiger partial charge on any atom is -0.317 e. The third-order valence-corrected chi connectivity index (χ3v) is 3.58. The number of Topliss-reactive ketones (excluding diaryl/α,β-unsaturated/α-hetero) is 1. The van der Waals surface area contributed by atoms with Gasteiger partial charge in [0.15, 0.2) is 5.78 Å². The molecule has 0 amide bonds. The average Bonchev–Trinajstić information content (AvgIpc) is 2.29. The Morgan fingerprint density at radius 2 is 2.06 bits per heavy atom. The van der Waals surface area contributed by atoms with Crippen LogP contribution in [0.1, 0.15) is 30.1 Å². The van der Waals surface area contributed by atoms with Crippen molar-refractivity contribution < 1.29 is 4.79 Å². The smallest absolute Gasteiger partial charge is 0.168 e. The highest BCUT2D eigenvalue weighted by Crippen LogP contribution is 2.32. The van der Waals surface area contributed by atoms with Crippen LogP contribution < -0.4 is 5.32 Å². The maximum absolute atomic E-state index is 12.4. The number of halogens is 1. The van der Waals surface area contributed by atoms with Crippen molar-refractivity contribution in [1.82, 2.24) is 5.32 Å². The van der Waals surface area contributed by atoms with E-state index in [-0.39, 0.29) is 11.2 Å². The Kier molecular flexibility index (Phi) is 3.31. The number of hydrogen-bond donors (Lipinski definition) is 1. The molecule has 0 atom stereocenters. The van der Waals surface area contributed by atoms with Gasteiger partial charge in [0, 0.05) is 16.0 Å². The Hall–Kier alpha value is -0.860. The van der Waals surface area contributed by atoms with Crippen LogP contribution in [0, 0.1) is 5.41 Å². The van der Waals surface area contributed by atoms with Gasteiger partial charge < -0.3 is 5.32 Å². The second-order valence-electron chi connectivity index (χ2n) is 4.65. The van der Waals surface area contributed by atoms with Crippen LogP contribution in [0.2, 0.25) is 5.02 Å². The lowest BCUT2D eigenvalue weighted by Crippen LogP contribution is -2.40. The van der Waals surface area contributed by atoms with Crippen LogP contribution >= 0.6 is 11.6 Å². The number of rotatable bonds is 2. The van der Waals surface area contributed by atoms with Gasteiger partial charge in [0.1, 0.15) is 0 Å². The van der Waals surface area contributed by atoms with Gasteiger partial charge in [0.05, 0.1) is 0 Å². The molecule has 3 heteroatoms. The Labute approximate surface area is 101 Å². The molecule has 0 spiro atoms. The third-order valence-electron chi connectivity index (χ3n) is 3.34. The minimum atomic E-state index is -0.226. The maximum atomic E-state index is 12.4. The van der Waals surface area contributed by atoms with Crippen LogP contribution in [0.5, 0.6) is 0 Å². The van der Waals surface area contributed by atoms with Gasteiger partial charge in [-0.25, -0.2) is 0 Å². The monoisotopic (exact) mass is 237 g/mol. The van der Waals surface area contributed by atoms with Crippen molar-refractivity contribution in [3.63, 3.8) is 0 Å². The van der Waals surface area contributed by atoms with E-state index in [1.54, 1.807) is 12.1 Å². The van der Waals surface area contributed by atoms with Gasteiger partial charge in [-0.3, -0.25) is 4.79 Å². The number of piperidine rings is 1. The van der Waals surface area contributed by atoms with Gasteiger partial charge in [-0.2, -0.15) is 0 Å². The zero-order valence-corrected chi connectivity index (χ0v) is 10.2. The summed E-state index contributed by atoms with van der Waals surface area (Å²) in [6, 6.07) is 7.24. The molecule has 86 valence electrons. The molecule has 16 heavy (non-hydrogen) atoms. The van der Waals surface area contributed by atoms with Gasteiger partial charge in [-0.15, -0.1) is 0 Å². The molecule has 0 bridgehead atoms. The topological polar surface area (TPSA) is 29.1 Å². The van der Waals surface area contributed by atoms with Crippen molar-refractivity contribution >= 4 is 17.4 Å². The predicted octanol–water partition coefficient (Wildman–Crippen LogP) is 2.91. The lowest BCUT2D eigenvalue weighted by atomic mass is 9.75. The standard InChI is InChI=1S/C13H16ClNO/c1-13(5-7-15-8-6-13)12(16)10-3-2-4-11(14)9-10/h2-4,9,15H,5-8H2,1H3. The first-order valence-corrected chi connectivity index (χ1v) is 6.01. The van der Waals surface area contributed by atoms with Gasteiger partial charge >= 0.3 is 0 Å². The molecule has 1 aliphatic heterocycles. The van der Waals surface area contributed by atoms with Crippen LogP contribution in [0.4, 0.5) is 0 Å². The van der Waals surface area contributed by atoms with E-state index < -0.39 is 0 Å². The lowest BCUT2D eigenvalue weighted by Gasteiger charge is -2.32. The van der Waals surface area contributed by atoms with E-state index in [1.165, 1.54) is 0 Å². The molecule has 0 unspecified atom stereocenters. The lowest BCUT2D eigenvalue weighted by molar-refractivity contribution is 0.0762. The number of carbonyl (C=O) groups excluding carboxylic acids is 1. The molecule has 2 rings (SSSR count). The third kappa shape index (κ3) is 2.28. The van der Waals surface area contributed by atoms with Crippen molar-refractivity contribution in [2.45, 2.75) is 19.8 Å². The van der Waals surface area contributed by atoms with E-state index >= 15 is 0 Å². The van der Waals surface area contributed by atoms with E-state index in [0.29, 0.717) is 5.02 Å². The van der Waals surface area contributed by atoms with Crippen molar-refractivity contribution in [1.29, 1.82) is 0 Å². The fourth-order valence-corrected chi connectivity index (χ4v) is 2.37. The Morgan fingerprint density at radius 1 is 1.38 bits per heavy atom. The van der Waals surface area contributed by atoms with Gasteiger partial charge in [-0.1, -0.05) is 30.7 Å². The number of ketones is 1. The average molecular weight is 238 g/mol. The number of carbonyl (C=O) groups is 1. The van der Waals surface area contributed by atoms with E-state index in [4.69, 9.17) is 11.6 Å². The number of benzene rings is 1. The van der Waals surface area contributed by atoms with E-state index in [0.717, 1.165) is 31.5 Å². The highest BCUT2D eigenvalue weighted by Gasteiger charge is 2.34. The number of nitrogens with one attached hydrogen (secondary N) is 1. The molecule has 0 radical (unpaired) electrons. The summed E-state index contributed by atoms with van der Waals surface area (Å²) in [4.78, 5) is 12.4. The summed E-state index contributed by atoms with van der Waals surface area (Å²) in [5.74, 6) is 0.219. The second kappa shape index (κ2) is 4.56. The summed E-state index contributed by atoms with van der Waals surface area (Å²) >= 11 is 5.91. The quantitative estimate of drug-likeness (QED) is 0.802. The molecule has 1 aliphatic rings. The SMILES string of the molecule is CC1(C(=O)c2cccc(Cl)c2)CCNCC1. The highest BCUT2D eigenvalue weighted by molar-refractivity contribution is 6.31. The Bertz CT molecular complexity index is 397. The molecule has 0 aromatic heterocycles. The van der Waals surface area contributed by atoms with Gasteiger partial charge in [-0.05, 0) is 38.1 Å². The van der Waals surface area contributed by atoms with Crippen molar-refractivity contribution in [3.05, 3.63) is 34.9 Å². The maximum Gasteiger partial charge on any atom is 0.168 e. The van der Waals surface area contributed by atoms with Crippen LogP contribution in [0.25, 0.3) is 0 Å². The molecular weight excluding hydrogens is 222 g/mol. The van der Waals surface area contributed by atoms with Crippen LogP contribution in [-0.4, -0.2) is 18.9 Å². The fourth-order valence-electron chi connectivity index (χ4n) is 2.18.